The van der Waals surface area contributed by atoms with E-state index in [2.05, 4.69) is 0 Å². The SMILES string of the molecule is [2H][C@@]1(OC)[C@@H](CCO)O[C@@H](OC)[C@@H]1O. The fourth-order valence-electron chi connectivity index (χ4n) is 1.39. The van der Waals surface area contributed by atoms with Crippen LogP contribution in [0.5, 0.6) is 0 Å². The largest absolute Gasteiger partial charge is 0.396 e. The monoisotopic (exact) mass is 193 g/mol. The van der Waals surface area contributed by atoms with Crippen LogP contribution in [0.1, 0.15) is 7.79 Å². The lowest BCUT2D eigenvalue weighted by molar-refractivity contribution is -0.150. The molecule has 2 N–H and O–H groups in total. The Bertz CT molecular complexity index is 191. The lowest BCUT2D eigenvalue weighted by atomic mass is 10.1. The van der Waals surface area contributed by atoms with Gasteiger partial charge in [-0.2, -0.15) is 0 Å². The molecule has 0 spiro atoms. The molecule has 0 aromatic heterocycles. The lowest BCUT2D eigenvalue weighted by Gasteiger charge is -2.16. The first kappa shape index (κ1) is 9.36. The molecule has 0 radical (unpaired) electrons. The van der Waals surface area contributed by atoms with Gasteiger partial charge in [-0.3, -0.25) is 0 Å². The molecule has 1 heterocycles. The Balaban J connectivity index is 2.76. The third-order valence-electron chi connectivity index (χ3n) is 2.02. The highest BCUT2D eigenvalue weighted by Crippen LogP contribution is 2.25. The van der Waals surface area contributed by atoms with Gasteiger partial charge in [0.1, 0.15) is 12.2 Å². The number of aliphatic hydroxyl groups excluding tert-OH is 2. The maximum atomic E-state index is 9.66. The van der Waals surface area contributed by atoms with E-state index < -0.39 is 24.6 Å². The van der Waals surface area contributed by atoms with E-state index in [1.54, 1.807) is 0 Å². The van der Waals surface area contributed by atoms with Crippen molar-refractivity contribution in [2.45, 2.75) is 31.0 Å². The molecule has 0 aromatic rings. The number of methoxy groups -OCH3 is 2. The van der Waals surface area contributed by atoms with Crippen molar-refractivity contribution in [2.24, 2.45) is 0 Å². The molecule has 1 saturated heterocycles. The van der Waals surface area contributed by atoms with E-state index >= 15 is 0 Å². The summed E-state index contributed by atoms with van der Waals surface area (Å²) in [5.74, 6) is 0. The van der Waals surface area contributed by atoms with E-state index in [1.807, 2.05) is 0 Å². The van der Waals surface area contributed by atoms with Gasteiger partial charge in [-0.1, -0.05) is 0 Å². The predicted molar refractivity (Wildman–Crippen MR) is 44.2 cm³/mol. The van der Waals surface area contributed by atoms with Crippen LogP contribution < -0.4 is 0 Å². The van der Waals surface area contributed by atoms with Crippen LogP contribution in [0.15, 0.2) is 0 Å². The van der Waals surface area contributed by atoms with Crippen LogP contribution in [0.3, 0.4) is 0 Å². The first-order chi connectivity index (χ1) is 6.60. The quantitative estimate of drug-likeness (QED) is 0.606. The molecule has 0 aromatic carbocycles. The molecule has 1 aliphatic heterocycles. The van der Waals surface area contributed by atoms with Crippen molar-refractivity contribution in [3.8, 4) is 0 Å². The topological polar surface area (TPSA) is 68.2 Å². The van der Waals surface area contributed by atoms with Crippen molar-refractivity contribution in [1.29, 1.82) is 0 Å². The molecule has 13 heavy (non-hydrogen) atoms. The van der Waals surface area contributed by atoms with Crippen LogP contribution in [-0.2, 0) is 14.2 Å². The van der Waals surface area contributed by atoms with Crippen molar-refractivity contribution in [3.05, 3.63) is 0 Å². The van der Waals surface area contributed by atoms with Crippen LogP contribution in [0, 0.1) is 0 Å². The molecular formula is C8H16O5. The van der Waals surface area contributed by atoms with Gasteiger partial charge in [-0.25, -0.2) is 0 Å². The zero-order valence-corrected chi connectivity index (χ0v) is 7.77. The number of hydrogen-bond acceptors (Lipinski definition) is 5. The van der Waals surface area contributed by atoms with E-state index in [4.69, 9.17) is 20.7 Å². The Hall–Kier alpha value is -0.200. The second kappa shape index (κ2) is 4.88. The van der Waals surface area contributed by atoms with Gasteiger partial charge in [-0.05, 0) is 6.42 Å². The molecule has 0 amide bonds. The Kier molecular flexibility index (Phi) is 3.51. The van der Waals surface area contributed by atoms with Gasteiger partial charge in [0, 0.05) is 20.8 Å². The summed E-state index contributed by atoms with van der Waals surface area (Å²) in [4.78, 5) is 0. The third kappa shape index (κ3) is 2.18. The molecular weight excluding hydrogens is 176 g/mol. The summed E-state index contributed by atoms with van der Waals surface area (Å²) in [5.41, 5.74) is 0. The van der Waals surface area contributed by atoms with Crippen LogP contribution >= 0.6 is 0 Å². The van der Waals surface area contributed by atoms with Gasteiger partial charge in [0.05, 0.1) is 7.47 Å². The van der Waals surface area contributed by atoms with Gasteiger partial charge in [0.25, 0.3) is 0 Å². The average molecular weight is 193 g/mol. The molecule has 4 atom stereocenters. The third-order valence-corrected chi connectivity index (χ3v) is 2.02. The Labute approximate surface area is 78.6 Å². The number of rotatable bonds is 4. The highest BCUT2D eigenvalue weighted by atomic mass is 16.7. The molecule has 0 bridgehead atoms. The molecule has 5 heteroatoms. The van der Waals surface area contributed by atoms with E-state index in [0.717, 1.165) is 0 Å². The molecule has 1 fully saturated rings. The molecule has 78 valence electrons. The fourth-order valence-corrected chi connectivity index (χ4v) is 1.39. The van der Waals surface area contributed by atoms with Crippen molar-refractivity contribution in [1.82, 2.24) is 0 Å². The number of ether oxygens (including phenoxy) is 3. The molecule has 1 rings (SSSR count). The summed E-state index contributed by atoms with van der Waals surface area (Å²) in [6, 6.07) is 0. The smallest absolute Gasteiger partial charge is 0.186 e. The maximum absolute atomic E-state index is 9.66. The Morgan fingerprint density at radius 3 is 2.62 bits per heavy atom. The highest BCUT2D eigenvalue weighted by Gasteiger charge is 2.43. The van der Waals surface area contributed by atoms with Gasteiger partial charge in [0.2, 0.25) is 0 Å². The van der Waals surface area contributed by atoms with E-state index in [1.165, 1.54) is 14.2 Å². The number of hydrogen-bond donors (Lipinski definition) is 2. The first-order valence-corrected chi connectivity index (χ1v) is 4.12. The highest BCUT2D eigenvalue weighted by molar-refractivity contribution is 4.87. The molecule has 5 nitrogen and oxygen atoms in total. The summed E-state index contributed by atoms with van der Waals surface area (Å²) < 4.78 is 22.8. The minimum absolute atomic E-state index is 0.127. The average Bonchev–Trinajstić information content (AvgIpc) is 2.44. The summed E-state index contributed by atoms with van der Waals surface area (Å²) >= 11 is 0. The fraction of sp³-hybridized carbons (Fsp3) is 1.00. The minimum Gasteiger partial charge on any atom is -0.396 e. The second-order valence-corrected chi connectivity index (χ2v) is 2.79. The normalized spacial score (nSPS) is 46.5. The molecule has 1 aliphatic rings. The van der Waals surface area contributed by atoms with Crippen LogP contribution in [-0.4, -0.2) is 55.6 Å². The first-order valence-electron chi connectivity index (χ1n) is 4.62. The maximum Gasteiger partial charge on any atom is 0.186 e. The lowest BCUT2D eigenvalue weighted by Crippen LogP contribution is -2.35. The van der Waals surface area contributed by atoms with Crippen molar-refractivity contribution >= 4 is 0 Å². The van der Waals surface area contributed by atoms with Crippen LogP contribution in [0.25, 0.3) is 0 Å². The summed E-state index contributed by atoms with van der Waals surface area (Å²) in [6.45, 7) is -0.127. The van der Waals surface area contributed by atoms with Crippen LogP contribution in [0.4, 0.5) is 0 Å². The van der Waals surface area contributed by atoms with E-state index in [0.29, 0.717) is 0 Å². The Morgan fingerprint density at radius 1 is 1.46 bits per heavy atom. The summed E-state index contributed by atoms with van der Waals surface area (Å²) in [6.07, 6.45) is -4.06. The minimum atomic E-state index is -1.57. The molecule has 0 saturated carbocycles. The van der Waals surface area contributed by atoms with Gasteiger partial charge in [0.15, 0.2) is 6.29 Å². The number of aliphatic hydroxyl groups is 2. The summed E-state index contributed by atoms with van der Waals surface area (Å²) in [7, 11) is 2.70. The standard InChI is InChI=1S/C8H16O5/c1-11-7-5(3-4-9)13-8(12-2)6(7)10/h5-10H,3-4H2,1-2H3/t5-,6-,7-,8-/m1/s1/i7D. The van der Waals surface area contributed by atoms with E-state index in [-0.39, 0.29) is 13.0 Å². The zero-order chi connectivity index (χ0) is 10.8. The second-order valence-electron chi connectivity index (χ2n) is 2.79. The zero-order valence-electron chi connectivity index (χ0n) is 8.77. The van der Waals surface area contributed by atoms with Crippen molar-refractivity contribution in [3.63, 3.8) is 0 Å². The molecule has 0 aliphatic carbocycles. The Morgan fingerprint density at radius 2 is 2.15 bits per heavy atom. The van der Waals surface area contributed by atoms with Gasteiger partial charge < -0.3 is 24.4 Å². The van der Waals surface area contributed by atoms with Crippen LogP contribution in [0.2, 0.25) is 0 Å². The van der Waals surface area contributed by atoms with Crippen molar-refractivity contribution < 1.29 is 25.8 Å². The predicted octanol–water partition coefficient (Wildman–Crippen LogP) is -0.884. The van der Waals surface area contributed by atoms with Gasteiger partial charge in [-0.15, -0.1) is 0 Å². The van der Waals surface area contributed by atoms with E-state index in [9.17, 15) is 5.11 Å². The van der Waals surface area contributed by atoms with Crippen molar-refractivity contribution in [2.75, 3.05) is 20.8 Å². The summed E-state index contributed by atoms with van der Waals surface area (Å²) in [5, 5.41) is 18.4. The molecule has 0 unspecified atom stereocenters. The van der Waals surface area contributed by atoms with Gasteiger partial charge >= 0.3 is 0 Å².